The fourth-order valence-electron chi connectivity index (χ4n) is 1.87. The molecule has 0 unspecified atom stereocenters. The summed E-state index contributed by atoms with van der Waals surface area (Å²) in [6.45, 7) is 5.81. The maximum absolute atomic E-state index is 12.0. The van der Waals surface area contributed by atoms with Gasteiger partial charge < -0.3 is 10.3 Å². The van der Waals surface area contributed by atoms with Gasteiger partial charge in [-0.2, -0.15) is 0 Å². The fourth-order valence-corrected chi connectivity index (χ4v) is 2.04. The lowest BCUT2D eigenvalue weighted by atomic mass is 10.1. The Hall–Kier alpha value is -1.48. The minimum Gasteiger partial charge on any atom is -0.350 e. The van der Waals surface area contributed by atoms with E-state index in [0.29, 0.717) is 10.7 Å². The van der Waals surface area contributed by atoms with E-state index in [4.69, 9.17) is 11.6 Å². The van der Waals surface area contributed by atoms with Gasteiger partial charge in [0.15, 0.2) is 0 Å². The van der Waals surface area contributed by atoms with Crippen LogP contribution in [0.3, 0.4) is 0 Å². The molecular formula is C13H15ClN2O. The zero-order valence-corrected chi connectivity index (χ0v) is 10.9. The number of hydrogen-bond donors (Lipinski definition) is 2. The van der Waals surface area contributed by atoms with E-state index in [1.165, 1.54) is 0 Å². The Morgan fingerprint density at radius 3 is 2.76 bits per heavy atom. The van der Waals surface area contributed by atoms with Crippen molar-refractivity contribution in [3.05, 3.63) is 34.5 Å². The zero-order chi connectivity index (χ0) is 12.6. The highest BCUT2D eigenvalue weighted by Gasteiger charge is 2.15. The number of aromatic amines is 1. The third-order valence-corrected chi connectivity index (χ3v) is 2.90. The number of aryl methyl sites for hydroxylation is 1. The minimum atomic E-state index is -0.0789. The van der Waals surface area contributed by atoms with Crippen LogP contribution in [0.15, 0.2) is 18.2 Å². The van der Waals surface area contributed by atoms with E-state index in [0.717, 1.165) is 16.5 Å². The third-order valence-electron chi connectivity index (χ3n) is 2.67. The summed E-state index contributed by atoms with van der Waals surface area (Å²) in [5.74, 6) is -0.0789. The van der Waals surface area contributed by atoms with Crippen LogP contribution in [0, 0.1) is 6.92 Å². The number of carbonyl (C=O) groups excluding carboxylic acids is 1. The predicted octanol–water partition coefficient (Wildman–Crippen LogP) is 3.27. The molecule has 0 atom stereocenters. The lowest BCUT2D eigenvalue weighted by Crippen LogP contribution is -2.30. The van der Waals surface area contributed by atoms with Crippen LogP contribution in [0.4, 0.5) is 0 Å². The summed E-state index contributed by atoms with van der Waals surface area (Å²) in [4.78, 5) is 15.1. The normalized spacial score (nSPS) is 11.1. The van der Waals surface area contributed by atoms with E-state index in [-0.39, 0.29) is 11.9 Å². The highest BCUT2D eigenvalue weighted by Crippen LogP contribution is 2.24. The lowest BCUT2D eigenvalue weighted by molar-refractivity contribution is 0.0938. The first kappa shape index (κ1) is 12.0. The van der Waals surface area contributed by atoms with Crippen molar-refractivity contribution in [1.82, 2.24) is 10.3 Å². The molecule has 90 valence electrons. The van der Waals surface area contributed by atoms with Gasteiger partial charge >= 0.3 is 0 Å². The van der Waals surface area contributed by atoms with Crippen LogP contribution in [-0.4, -0.2) is 16.9 Å². The average molecular weight is 251 g/mol. The molecule has 2 aromatic rings. The van der Waals surface area contributed by atoms with Crippen molar-refractivity contribution in [2.45, 2.75) is 26.8 Å². The number of H-pyrrole nitrogens is 1. The number of halogens is 1. The van der Waals surface area contributed by atoms with Crippen LogP contribution in [0.25, 0.3) is 10.9 Å². The fraction of sp³-hybridized carbons (Fsp3) is 0.308. The monoisotopic (exact) mass is 250 g/mol. The molecule has 2 rings (SSSR count). The van der Waals surface area contributed by atoms with Gasteiger partial charge in [0.1, 0.15) is 5.69 Å². The van der Waals surface area contributed by atoms with Gasteiger partial charge in [-0.15, -0.1) is 0 Å². The number of fused-ring (bicyclic) bond motifs is 1. The van der Waals surface area contributed by atoms with E-state index in [9.17, 15) is 4.79 Å². The van der Waals surface area contributed by atoms with Crippen LogP contribution in [0.2, 0.25) is 5.02 Å². The van der Waals surface area contributed by atoms with Gasteiger partial charge in [-0.25, -0.2) is 0 Å². The first-order valence-electron chi connectivity index (χ1n) is 5.57. The zero-order valence-electron chi connectivity index (χ0n) is 10.1. The van der Waals surface area contributed by atoms with Gasteiger partial charge in [-0.05, 0) is 38.5 Å². The van der Waals surface area contributed by atoms with Crippen molar-refractivity contribution in [2.24, 2.45) is 0 Å². The molecule has 0 saturated heterocycles. The van der Waals surface area contributed by atoms with Gasteiger partial charge in [-0.1, -0.05) is 17.7 Å². The van der Waals surface area contributed by atoms with Crippen molar-refractivity contribution >= 4 is 28.4 Å². The number of benzene rings is 1. The van der Waals surface area contributed by atoms with Crippen LogP contribution < -0.4 is 5.32 Å². The van der Waals surface area contributed by atoms with Crippen LogP contribution in [-0.2, 0) is 0 Å². The van der Waals surface area contributed by atoms with Gasteiger partial charge in [0, 0.05) is 22.0 Å². The predicted molar refractivity (Wildman–Crippen MR) is 70.6 cm³/mol. The summed E-state index contributed by atoms with van der Waals surface area (Å²) in [6, 6.07) is 5.71. The Kier molecular flexibility index (Phi) is 3.11. The number of nitrogens with one attached hydrogen (secondary N) is 2. The van der Waals surface area contributed by atoms with Gasteiger partial charge in [0.25, 0.3) is 5.91 Å². The Morgan fingerprint density at radius 1 is 1.41 bits per heavy atom. The van der Waals surface area contributed by atoms with Crippen molar-refractivity contribution in [3.63, 3.8) is 0 Å². The molecule has 1 amide bonds. The summed E-state index contributed by atoms with van der Waals surface area (Å²) >= 11 is 5.92. The molecule has 17 heavy (non-hydrogen) atoms. The first-order valence-corrected chi connectivity index (χ1v) is 5.95. The van der Waals surface area contributed by atoms with Gasteiger partial charge in [0.2, 0.25) is 0 Å². The molecule has 0 spiro atoms. The second-order valence-corrected chi connectivity index (χ2v) is 4.88. The maximum atomic E-state index is 12.0. The molecule has 0 aliphatic carbocycles. The molecule has 0 fully saturated rings. The SMILES string of the molecule is Cc1c(C(=O)NC(C)C)[nH]c2cc(Cl)ccc12. The molecule has 0 bridgehead atoms. The second kappa shape index (κ2) is 4.41. The quantitative estimate of drug-likeness (QED) is 0.844. The third kappa shape index (κ3) is 2.29. The Balaban J connectivity index is 2.48. The van der Waals surface area contributed by atoms with E-state index in [1.807, 2.05) is 39.0 Å². The molecule has 2 N–H and O–H groups in total. The van der Waals surface area contributed by atoms with E-state index < -0.39 is 0 Å². The van der Waals surface area contributed by atoms with Crippen molar-refractivity contribution in [3.8, 4) is 0 Å². The van der Waals surface area contributed by atoms with Crippen LogP contribution >= 0.6 is 11.6 Å². The number of amides is 1. The Morgan fingerprint density at radius 2 is 2.12 bits per heavy atom. The van der Waals surface area contributed by atoms with Crippen LogP contribution in [0.5, 0.6) is 0 Å². The highest BCUT2D eigenvalue weighted by atomic mass is 35.5. The number of hydrogen-bond acceptors (Lipinski definition) is 1. The van der Waals surface area contributed by atoms with E-state index in [2.05, 4.69) is 10.3 Å². The summed E-state index contributed by atoms with van der Waals surface area (Å²) in [6.07, 6.45) is 0. The van der Waals surface area contributed by atoms with Crippen molar-refractivity contribution in [1.29, 1.82) is 0 Å². The number of carbonyl (C=O) groups is 1. The van der Waals surface area contributed by atoms with E-state index in [1.54, 1.807) is 0 Å². The molecule has 1 heterocycles. The molecule has 4 heteroatoms. The summed E-state index contributed by atoms with van der Waals surface area (Å²) in [5, 5.41) is 4.56. The number of rotatable bonds is 2. The standard InChI is InChI=1S/C13H15ClN2O/c1-7(2)15-13(17)12-8(3)10-5-4-9(14)6-11(10)16-12/h4-7,16H,1-3H3,(H,15,17). The topological polar surface area (TPSA) is 44.9 Å². The molecule has 1 aromatic heterocycles. The molecule has 0 radical (unpaired) electrons. The average Bonchev–Trinajstić information content (AvgIpc) is 2.54. The minimum absolute atomic E-state index is 0.0789. The van der Waals surface area contributed by atoms with Gasteiger partial charge in [-0.3, -0.25) is 4.79 Å². The summed E-state index contributed by atoms with van der Waals surface area (Å²) in [5.41, 5.74) is 2.45. The second-order valence-electron chi connectivity index (χ2n) is 4.44. The highest BCUT2D eigenvalue weighted by molar-refractivity contribution is 6.31. The number of aromatic nitrogens is 1. The summed E-state index contributed by atoms with van der Waals surface area (Å²) < 4.78 is 0. The lowest BCUT2D eigenvalue weighted by Gasteiger charge is -2.07. The van der Waals surface area contributed by atoms with E-state index >= 15 is 0 Å². The molecule has 3 nitrogen and oxygen atoms in total. The summed E-state index contributed by atoms with van der Waals surface area (Å²) in [7, 11) is 0. The maximum Gasteiger partial charge on any atom is 0.268 e. The van der Waals surface area contributed by atoms with Gasteiger partial charge in [0.05, 0.1) is 0 Å². The van der Waals surface area contributed by atoms with Crippen molar-refractivity contribution < 1.29 is 4.79 Å². The smallest absolute Gasteiger partial charge is 0.268 e. The largest absolute Gasteiger partial charge is 0.350 e. The first-order chi connectivity index (χ1) is 7.99. The molecule has 0 aliphatic heterocycles. The van der Waals surface area contributed by atoms with Crippen LogP contribution in [0.1, 0.15) is 29.9 Å². The molecule has 1 aromatic carbocycles. The Bertz CT molecular complexity index is 572. The molecule has 0 aliphatic rings. The molecule has 0 saturated carbocycles. The Labute approximate surface area is 105 Å². The van der Waals surface area contributed by atoms with Crippen molar-refractivity contribution in [2.75, 3.05) is 0 Å². The molecular weight excluding hydrogens is 236 g/mol.